The van der Waals surface area contributed by atoms with Gasteiger partial charge in [0.15, 0.2) is 11.2 Å². The molecule has 5 rings (SSSR count). The van der Waals surface area contributed by atoms with Crippen LogP contribution in [-0.4, -0.2) is 47.2 Å². The lowest BCUT2D eigenvalue weighted by atomic mass is 10.1. The molecule has 1 N–H and O–H groups in total. The molecule has 0 fully saturated rings. The minimum atomic E-state index is -0.661. The van der Waals surface area contributed by atoms with E-state index in [9.17, 15) is 9.59 Å². The van der Waals surface area contributed by atoms with E-state index >= 15 is 0 Å². The van der Waals surface area contributed by atoms with Crippen LogP contribution in [0.1, 0.15) is 24.1 Å². The van der Waals surface area contributed by atoms with Crippen molar-refractivity contribution in [2.75, 3.05) is 19.5 Å². The van der Waals surface area contributed by atoms with Gasteiger partial charge in [0.25, 0.3) is 5.91 Å². The lowest BCUT2D eigenvalue weighted by Crippen LogP contribution is -2.41. The summed E-state index contributed by atoms with van der Waals surface area (Å²) in [6.45, 7) is 1.77. The Hall–Kier alpha value is -4.11. The molecule has 2 heterocycles. The Balaban J connectivity index is 1.41. The first-order valence-electron chi connectivity index (χ1n) is 11.3. The molecule has 0 spiro atoms. The molecule has 182 valence electrons. The second-order valence-electron chi connectivity index (χ2n) is 8.20. The number of nitrogens with zero attached hydrogens (tertiary/aromatic N) is 3. The van der Waals surface area contributed by atoms with Gasteiger partial charge >= 0.3 is 0 Å². The Bertz CT molecular complexity index is 1370. The summed E-state index contributed by atoms with van der Waals surface area (Å²) >= 11 is 1.21. The molecule has 8 nitrogen and oxygen atoms in total. The Labute approximate surface area is 213 Å². The van der Waals surface area contributed by atoms with E-state index in [0.29, 0.717) is 33.9 Å². The van der Waals surface area contributed by atoms with E-state index in [0.717, 1.165) is 11.1 Å². The fourth-order valence-corrected chi connectivity index (χ4v) is 4.93. The molecule has 3 aromatic rings. The average Bonchev–Trinajstić information content (AvgIpc) is 3.26. The monoisotopic (exact) mass is 500 g/mol. The zero-order valence-electron chi connectivity index (χ0n) is 20.0. The first kappa shape index (κ1) is 23.6. The number of para-hydroxylation sites is 1. The van der Waals surface area contributed by atoms with Gasteiger partial charge in [-0.2, -0.15) is 0 Å². The number of hydrogen-bond acceptors (Lipinski definition) is 7. The fraction of sp³-hybridized carbons (Fsp3) is 0.185. The number of carbonyl (C=O) groups is 2. The number of anilines is 1. The van der Waals surface area contributed by atoms with Gasteiger partial charge in [-0.15, -0.1) is 0 Å². The van der Waals surface area contributed by atoms with Gasteiger partial charge in [0.05, 0.1) is 25.2 Å². The molecule has 0 saturated heterocycles. The number of benzene rings is 3. The summed E-state index contributed by atoms with van der Waals surface area (Å²) in [6, 6.07) is 21.5. The van der Waals surface area contributed by atoms with Crippen LogP contribution >= 0.6 is 11.8 Å². The van der Waals surface area contributed by atoms with E-state index in [1.807, 2.05) is 54.6 Å². The molecular weight excluding hydrogens is 476 g/mol. The van der Waals surface area contributed by atoms with E-state index < -0.39 is 11.3 Å². The number of fused-ring (bicyclic) bond motifs is 3. The maximum atomic E-state index is 13.5. The van der Waals surface area contributed by atoms with E-state index in [-0.39, 0.29) is 11.8 Å². The number of carbonyl (C=O) groups excluding carboxylic acids is 2. The SMILES string of the molecule is COc1cc(NC(=O)[C@@H](C)SC2=Nc3ccccc3C3=N[C@@H](c4ccccc4)C(=O)N23)cc(OC)c1. The van der Waals surface area contributed by atoms with E-state index in [1.165, 1.54) is 16.7 Å². The Kier molecular flexibility index (Phi) is 6.47. The van der Waals surface area contributed by atoms with Gasteiger partial charge in [0.1, 0.15) is 17.3 Å². The van der Waals surface area contributed by atoms with Gasteiger partial charge in [0.2, 0.25) is 5.91 Å². The largest absolute Gasteiger partial charge is 0.497 e. The number of rotatable bonds is 6. The van der Waals surface area contributed by atoms with Crippen molar-refractivity contribution in [3.05, 3.63) is 83.9 Å². The summed E-state index contributed by atoms with van der Waals surface area (Å²) < 4.78 is 10.6. The smallest absolute Gasteiger partial charge is 0.263 e. The zero-order chi connectivity index (χ0) is 25.2. The molecule has 9 heteroatoms. The number of amidine groups is 2. The minimum absolute atomic E-state index is 0.193. The average molecular weight is 501 g/mol. The van der Waals surface area contributed by atoms with E-state index in [2.05, 4.69) is 5.32 Å². The molecular formula is C27H24N4O4S. The van der Waals surface area contributed by atoms with Gasteiger partial charge in [-0.05, 0) is 24.6 Å². The van der Waals surface area contributed by atoms with Gasteiger partial charge in [0, 0.05) is 29.4 Å². The summed E-state index contributed by atoms with van der Waals surface area (Å²) in [6.07, 6.45) is 0. The molecule has 2 aliphatic rings. The molecule has 0 aromatic heterocycles. The van der Waals surface area contributed by atoms with Crippen molar-refractivity contribution < 1.29 is 19.1 Å². The highest BCUT2D eigenvalue weighted by Crippen LogP contribution is 2.38. The van der Waals surface area contributed by atoms with Crippen LogP contribution in [0.2, 0.25) is 0 Å². The molecule has 2 atom stereocenters. The first-order chi connectivity index (χ1) is 17.5. The maximum Gasteiger partial charge on any atom is 0.263 e. The van der Waals surface area contributed by atoms with Crippen molar-refractivity contribution in [1.29, 1.82) is 0 Å². The van der Waals surface area contributed by atoms with Gasteiger partial charge < -0.3 is 14.8 Å². The highest BCUT2D eigenvalue weighted by molar-refractivity contribution is 8.15. The number of nitrogens with one attached hydrogen (secondary N) is 1. The van der Waals surface area contributed by atoms with E-state index in [4.69, 9.17) is 19.5 Å². The van der Waals surface area contributed by atoms with Crippen LogP contribution in [0, 0.1) is 0 Å². The summed E-state index contributed by atoms with van der Waals surface area (Å²) in [4.78, 5) is 37.7. The summed E-state index contributed by atoms with van der Waals surface area (Å²) in [7, 11) is 3.10. The number of ether oxygens (including phenoxy) is 2. The first-order valence-corrected chi connectivity index (χ1v) is 12.2. The number of amides is 2. The topological polar surface area (TPSA) is 92.6 Å². The van der Waals surface area contributed by atoms with Crippen molar-refractivity contribution in [1.82, 2.24) is 4.90 Å². The van der Waals surface area contributed by atoms with Gasteiger partial charge in [-0.1, -0.05) is 54.2 Å². The highest BCUT2D eigenvalue weighted by atomic mass is 32.2. The van der Waals surface area contributed by atoms with Crippen molar-refractivity contribution in [2.24, 2.45) is 9.98 Å². The number of aliphatic imine (C=N–C) groups is 2. The zero-order valence-corrected chi connectivity index (χ0v) is 20.8. The molecule has 0 unspecified atom stereocenters. The van der Waals surface area contributed by atoms with Crippen molar-refractivity contribution in [2.45, 2.75) is 18.2 Å². The van der Waals surface area contributed by atoms with Crippen molar-refractivity contribution in [3.8, 4) is 11.5 Å². The van der Waals surface area contributed by atoms with Crippen LogP contribution in [0.3, 0.4) is 0 Å². The molecule has 0 radical (unpaired) electrons. The molecule has 0 aliphatic carbocycles. The molecule has 3 aromatic carbocycles. The second kappa shape index (κ2) is 9.87. The second-order valence-corrected chi connectivity index (χ2v) is 9.51. The quantitative estimate of drug-likeness (QED) is 0.525. The Morgan fingerprint density at radius 2 is 1.67 bits per heavy atom. The van der Waals surface area contributed by atoms with Crippen LogP contribution in [-0.2, 0) is 9.59 Å². The molecule has 0 bridgehead atoms. The Morgan fingerprint density at radius 1 is 1.00 bits per heavy atom. The summed E-state index contributed by atoms with van der Waals surface area (Å²) in [5, 5.41) is 2.76. The fourth-order valence-electron chi connectivity index (χ4n) is 4.02. The lowest BCUT2D eigenvalue weighted by Gasteiger charge is -2.27. The third kappa shape index (κ3) is 4.45. The predicted molar refractivity (Wildman–Crippen MR) is 141 cm³/mol. The molecule has 2 amide bonds. The number of thioether (sulfide) groups is 1. The van der Waals surface area contributed by atoms with Gasteiger partial charge in [-0.3, -0.25) is 9.59 Å². The highest BCUT2D eigenvalue weighted by Gasteiger charge is 2.42. The summed E-state index contributed by atoms with van der Waals surface area (Å²) in [5.41, 5.74) is 2.85. The third-order valence-electron chi connectivity index (χ3n) is 5.86. The van der Waals surface area contributed by atoms with E-state index in [1.54, 1.807) is 39.3 Å². The molecule has 0 saturated carbocycles. The third-order valence-corrected chi connectivity index (χ3v) is 6.91. The normalized spacial score (nSPS) is 16.9. The molecule has 36 heavy (non-hydrogen) atoms. The van der Waals surface area contributed by atoms with Crippen LogP contribution in [0.4, 0.5) is 11.4 Å². The van der Waals surface area contributed by atoms with Crippen LogP contribution < -0.4 is 14.8 Å². The van der Waals surface area contributed by atoms with Crippen LogP contribution in [0.25, 0.3) is 0 Å². The summed E-state index contributed by atoms with van der Waals surface area (Å²) in [5.74, 6) is 1.23. The van der Waals surface area contributed by atoms with Crippen LogP contribution in [0.5, 0.6) is 11.5 Å². The standard InChI is InChI=1S/C27H24N4O4S/c1-16(25(32)28-18-13-19(34-2)15-20(14-18)35-3)36-27-29-22-12-8-7-11-21(22)24-30-23(26(33)31(24)27)17-9-5-4-6-10-17/h4-16,23H,1-3H3,(H,28,32)/t16-,23+/m1/s1. The minimum Gasteiger partial charge on any atom is -0.497 e. The van der Waals surface area contributed by atoms with Crippen molar-refractivity contribution >= 4 is 46.0 Å². The van der Waals surface area contributed by atoms with Gasteiger partial charge in [-0.25, -0.2) is 14.9 Å². The predicted octanol–water partition coefficient (Wildman–Crippen LogP) is 4.80. The molecule has 2 aliphatic heterocycles. The van der Waals surface area contributed by atoms with Crippen molar-refractivity contribution in [3.63, 3.8) is 0 Å². The lowest BCUT2D eigenvalue weighted by molar-refractivity contribution is -0.124. The maximum absolute atomic E-state index is 13.5. The number of methoxy groups -OCH3 is 2. The van der Waals surface area contributed by atoms with Crippen LogP contribution in [0.15, 0.2) is 82.8 Å². The number of hydrogen-bond donors (Lipinski definition) is 1. The Morgan fingerprint density at radius 3 is 2.36 bits per heavy atom.